The van der Waals surface area contributed by atoms with Crippen LogP contribution < -0.4 is 0 Å². The summed E-state index contributed by atoms with van der Waals surface area (Å²) in [6.45, 7) is 9.33. The SMILES string of the molecule is C=CC(O)c1cccc(C(=C)C)c1. The van der Waals surface area contributed by atoms with Crippen molar-refractivity contribution in [1.82, 2.24) is 0 Å². The fourth-order valence-electron chi connectivity index (χ4n) is 1.12. The van der Waals surface area contributed by atoms with E-state index in [9.17, 15) is 5.11 Å². The Bertz CT molecular complexity index is 326. The normalized spacial score (nSPS) is 12.2. The molecule has 1 unspecified atom stereocenters. The molecule has 1 nitrogen and oxygen atoms in total. The molecule has 0 aromatic heterocycles. The second kappa shape index (κ2) is 4.06. The second-order valence-corrected chi connectivity index (χ2v) is 3.09. The van der Waals surface area contributed by atoms with E-state index in [0.717, 1.165) is 16.7 Å². The molecule has 0 radical (unpaired) electrons. The summed E-state index contributed by atoms with van der Waals surface area (Å²) in [6.07, 6.45) is 0.927. The Balaban J connectivity index is 3.04. The van der Waals surface area contributed by atoms with Gasteiger partial charge in [-0.1, -0.05) is 36.4 Å². The summed E-state index contributed by atoms with van der Waals surface area (Å²) < 4.78 is 0. The van der Waals surface area contributed by atoms with Crippen molar-refractivity contribution >= 4 is 5.57 Å². The standard InChI is InChI=1S/C12H14O/c1-4-12(13)11-7-5-6-10(8-11)9(2)3/h4-8,12-13H,1-2H2,3H3. The highest BCUT2D eigenvalue weighted by Gasteiger charge is 2.02. The average molecular weight is 174 g/mol. The van der Waals surface area contributed by atoms with E-state index in [2.05, 4.69) is 13.2 Å². The van der Waals surface area contributed by atoms with Crippen molar-refractivity contribution in [2.45, 2.75) is 13.0 Å². The highest BCUT2D eigenvalue weighted by Crippen LogP contribution is 2.18. The molecule has 1 aromatic rings. The minimum absolute atomic E-state index is 0.584. The first-order valence-corrected chi connectivity index (χ1v) is 4.21. The first kappa shape index (κ1) is 9.75. The highest BCUT2D eigenvalue weighted by atomic mass is 16.3. The molecule has 1 N–H and O–H groups in total. The van der Waals surface area contributed by atoms with Crippen molar-refractivity contribution < 1.29 is 5.11 Å². The van der Waals surface area contributed by atoms with Gasteiger partial charge in [0.1, 0.15) is 0 Å². The monoisotopic (exact) mass is 174 g/mol. The van der Waals surface area contributed by atoms with Crippen LogP contribution in [0.15, 0.2) is 43.5 Å². The number of benzene rings is 1. The molecule has 0 spiro atoms. The maximum Gasteiger partial charge on any atom is 0.0969 e. The van der Waals surface area contributed by atoms with Crippen LogP contribution in [0.3, 0.4) is 0 Å². The van der Waals surface area contributed by atoms with E-state index < -0.39 is 6.10 Å². The fraction of sp³-hybridized carbons (Fsp3) is 0.167. The lowest BCUT2D eigenvalue weighted by Crippen LogP contribution is -1.92. The zero-order valence-electron chi connectivity index (χ0n) is 7.83. The van der Waals surface area contributed by atoms with Crippen LogP contribution in [0.2, 0.25) is 0 Å². The van der Waals surface area contributed by atoms with E-state index in [-0.39, 0.29) is 0 Å². The van der Waals surface area contributed by atoms with Gasteiger partial charge < -0.3 is 5.11 Å². The molecule has 0 saturated heterocycles. The third kappa shape index (κ3) is 2.30. The molecule has 0 fully saturated rings. The molecule has 0 aliphatic rings. The van der Waals surface area contributed by atoms with Gasteiger partial charge in [0.15, 0.2) is 0 Å². The van der Waals surface area contributed by atoms with E-state index in [1.54, 1.807) is 0 Å². The van der Waals surface area contributed by atoms with Gasteiger partial charge in [0, 0.05) is 0 Å². The minimum atomic E-state index is -0.584. The summed E-state index contributed by atoms with van der Waals surface area (Å²) in [7, 11) is 0. The summed E-state index contributed by atoms with van der Waals surface area (Å²) >= 11 is 0. The van der Waals surface area contributed by atoms with Crippen molar-refractivity contribution in [3.63, 3.8) is 0 Å². The summed E-state index contributed by atoms with van der Waals surface area (Å²) in [4.78, 5) is 0. The Morgan fingerprint density at radius 3 is 2.77 bits per heavy atom. The Labute approximate surface area is 79.0 Å². The van der Waals surface area contributed by atoms with E-state index >= 15 is 0 Å². The van der Waals surface area contributed by atoms with E-state index in [1.807, 2.05) is 31.2 Å². The first-order valence-electron chi connectivity index (χ1n) is 4.21. The van der Waals surface area contributed by atoms with Crippen molar-refractivity contribution in [2.75, 3.05) is 0 Å². The van der Waals surface area contributed by atoms with Crippen LogP contribution in [0.5, 0.6) is 0 Å². The lowest BCUT2D eigenvalue weighted by Gasteiger charge is -2.07. The molecule has 1 aromatic carbocycles. The van der Waals surface area contributed by atoms with Gasteiger partial charge in [-0.2, -0.15) is 0 Å². The van der Waals surface area contributed by atoms with Gasteiger partial charge in [0.05, 0.1) is 6.10 Å². The number of rotatable bonds is 3. The molecule has 0 saturated carbocycles. The van der Waals surface area contributed by atoms with Gasteiger partial charge in [-0.3, -0.25) is 0 Å². The lowest BCUT2D eigenvalue weighted by molar-refractivity contribution is 0.229. The molecule has 68 valence electrons. The number of aliphatic hydroxyl groups excluding tert-OH is 1. The molecule has 0 aliphatic heterocycles. The zero-order chi connectivity index (χ0) is 9.84. The molecule has 0 heterocycles. The summed E-state index contributed by atoms with van der Waals surface area (Å²) in [6, 6.07) is 7.68. The van der Waals surface area contributed by atoms with Gasteiger partial charge in [0.25, 0.3) is 0 Å². The molecule has 0 amide bonds. The Hall–Kier alpha value is -1.34. The molecule has 13 heavy (non-hydrogen) atoms. The molecule has 1 heteroatoms. The molecular formula is C12H14O. The van der Waals surface area contributed by atoms with Crippen LogP contribution in [0, 0.1) is 0 Å². The van der Waals surface area contributed by atoms with Crippen LogP contribution in [0.1, 0.15) is 24.2 Å². The third-order valence-electron chi connectivity index (χ3n) is 1.94. The molecule has 0 bridgehead atoms. The summed E-state index contributed by atoms with van der Waals surface area (Å²) in [5, 5.41) is 9.49. The summed E-state index contributed by atoms with van der Waals surface area (Å²) in [5.74, 6) is 0. The number of allylic oxidation sites excluding steroid dienone is 1. The number of hydrogen-bond acceptors (Lipinski definition) is 1. The smallest absolute Gasteiger partial charge is 0.0969 e. The summed E-state index contributed by atoms with van der Waals surface area (Å²) in [5.41, 5.74) is 2.91. The van der Waals surface area contributed by atoms with Crippen molar-refractivity contribution in [2.24, 2.45) is 0 Å². The van der Waals surface area contributed by atoms with Crippen molar-refractivity contribution in [3.8, 4) is 0 Å². The maximum absolute atomic E-state index is 9.49. The maximum atomic E-state index is 9.49. The van der Waals surface area contributed by atoms with Crippen molar-refractivity contribution in [1.29, 1.82) is 0 Å². The van der Waals surface area contributed by atoms with E-state index in [4.69, 9.17) is 0 Å². The van der Waals surface area contributed by atoms with Crippen LogP contribution in [0.25, 0.3) is 5.57 Å². The largest absolute Gasteiger partial charge is 0.384 e. The van der Waals surface area contributed by atoms with Crippen molar-refractivity contribution in [3.05, 3.63) is 54.6 Å². The van der Waals surface area contributed by atoms with Crippen LogP contribution in [0.4, 0.5) is 0 Å². The van der Waals surface area contributed by atoms with Gasteiger partial charge in [-0.05, 0) is 24.1 Å². The lowest BCUT2D eigenvalue weighted by atomic mass is 10.0. The van der Waals surface area contributed by atoms with Gasteiger partial charge in [0.2, 0.25) is 0 Å². The minimum Gasteiger partial charge on any atom is -0.384 e. The second-order valence-electron chi connectivity index (χ2n) is 3.09. The topological polar surface area (TPSA) is 20.2 Å². The molecular weight excluding hydrogens is 160 g/mol. The van der Waals surface area contributed by atoms with Crippen LogP contribution >= 0.6 is 0 Å². The van der Waals surface area contributed by atoms with Gasteiger partial charge in [-0.15, -0.1) is 6.58 Å². The Morgan fingerprint density at radius 2 is 2.23 bits per heavy atom. The Morgan fingerprint density at radius 1 is 1.54 bits per heavy atom. The first-order chi connectivity index (χ1) is 6.15. The zero-order valence-corrected chi connectivity index (χ0v) is 7.83. The van der Waals surface area contributed by atoms with Gasteiger partial charge >= 0.3 is 0 Å². The molecule has 1 atom stereocenters. The quantitative estimate of drug-likeness (QED) is 0.698. The number of aliphatic hydroxyl groups is 1. The van der Waals surface area contributed by atoms with Gasteiger partial charge in [-0.25, -0.2) is 0 Å². The van der Waals surface area contributed by atoms with Crippen LogP contribution in [-0.2, 0) is 0 Å². The Kier molecular flexibility index (Phi) is 3.04. The van der Waals surface area contributed by atoms with Crippen LogP contribution in [-0.4, -0.2) is 5.11 Å². The predicted octanol–water partition coefficient (Wildman–Crippen LogP) is 2.94. The average Bonchev–Trinajstić information content (AvgIpc) is 2.17. The third-order valence-corrected chi connectivity index (χ3v) is 1.94. The molecule has 1 rings (SSSR count). The van der Waals surface area contributed by atoms with E-state index in [0.29, 0.717) is 0 Å². The molecule has 0 aliphatic carbocycles. The fourth-order valence-corrected chi connectivity index (χ4v) is 1.12. The van der Waals surface area contributed by atoms with E-state index in [1.165, 1.54) is 6.08 Å². The number of hydrogen-bond donors (Lipinski definition) is 1. The highest BCUT2D eigenvalue weighted by molar-refractivity contribution is 5.61. The predicted molar refractivity (Wildman–Crippen MR) is 56.3 cm³/mol.